The molecule has 0 bridgehead atoms. The third-order valence-corrected chi connectivity index (χ3v) is 2.72. The molecule has 1 heterocycles. The average molecular weight is 263 g/mol. The third-order valence-electron chi connectivity index (χ3n) is 2.50. The van der Waals surface area contributed by atoms with Crippen molar-refractivity contribution < 1.29 is 9.90 Å². The van der Waals surface area contributed by atoms with Crippen LogP contribution in [0.4, 0.5) is 5.69 Å². The highest BCUT2D eigenvalue weighted by Gasteiger charge is 2.13. The van der Waals surface area contributed by atoms with Crippen molar-refractivity contribution in [3.05, 3.63) is 53.3 Å². The van der Waals surface area contributed by atoms with Crippen molar-refractivity contribution in [2.45, 2.75) is 0 Å². The minimum absolute atomic E-state index is 0.112. The lowest BCUT2D eigenvalue weighted by Gasteiger charge is -2.17. The summed E-state index contributed by atoms with van der Waals surface area (Å²) in [6.07, 6.45) is 1.42. The second-order valence-corrected chi connectivity index (χ2v) is 4.14. The second-order valence-electron chi connectivity index (χ2n) is 3.75. The first-order valence-corrected chi connectivity index (χ1v) is 5.64. The first kappa shape index (κ1) is 12.4. The Morgan fingerprint density at radius 3 is 2.72 bits per heavy atom. The molecular weight excluding hydrogens is 252 g/mol. The molecule has 92 valence electrons. The minimum atomic E-state index is -0.218. The molecule has 0 aliphatic rings. The van der Waals surface area contributed by atoms with Crippen LogP contribution >= 0.6 is 11.6 Å². The predicted octanol–water partition coefficient (Wildman–Crippen LogP) is 2.72. The zero-order valence-corrected chi connectivity index (χ0v) is 10.4. The maximum atomic E-state index is 12.1. The average Bonchev–Trinajstić information content (AvgIpc) is 2.38. The SMILES string of the molecule is CN(C(=O)c1ccc(Cl)nc1)c1cccc(O)c1. The second kappa shape index (κ2) is 5.06. The summed E-state index contributed by atoms with van der Waals surface area (Å²) in [4.78, 5) is 17.4. The van der Waals surface area contributed by atoms with Crippen LogP contribution in [0.5, 0.6) is 5.75 Å². The Bertz CT molecular complexity index is 569. The largest absolute Gasteiger partial charge is 0.508 e. The number of carbonyl (C=O) groups is 1. The van der Waals surface area contributed by atoms with Gasteiger partial charge in [0.2, 0.25) is 0 Å². The summed E-state index contributed by atoms with van der Waals surface area (Å²) in [7, 11) is 1.63. The zero-order chi connectivity index (χ0) is 13.1. The van der Waals surface area contributed by atoms with E-state index >= 15 is 0 Å². The summed E-state index contributed by atoms with van der Waals surface area (Å²) >= 11 is 5.66. The number of amides is 1. The molecule has 2 aromatic rings. The maximum absolute atomic E-state index is 12.1. The van der Waals surface area contributed by atoms with Crippen molar-refractivity contribution in [3.63, 3.8) is 0 Å². The number of hydrogen-bond donors (Lipinski definition) is 1. The van der Waals surface area contributed by atoms with Crippen LogP contribution in [0.1, 0.15) is 10.4 Å². The van der Waals surface area contributed by atoms with Crippen LogP contribution in [0.2, 0.25) is 5.15 Å². The molecule has 0 unspecified atom stereocenters. The topological polar surface area (TPSA) is 53.4 Å². The predicted molar refractivity (Wildman–Crippen MR) is 70.1 cm³/mol. The van der Waals surface area contributed by atoms with Crippen LogP contribution in [0.15, 0.2) is 42.6 Å². The van der Waals surface area contributed by atoms with Crippen LogP contribution in [0.25, 0.3) is 0 Å². The number of pyridine rings is 1. The lowest BCUT2D eigenvalue weighted by atomic mass is 10.2. The summed E-state index contributed by atoms with van der Waals surface area (Å²) in [6, 6.07) is 9.64. The molecule has 1 aromatic heterocycles. The number of anilines is 1. The summed E-state index contributed by atoms with van der Waals surface area (Å²) in [5.74, 6) is -0.105. The van der Waals surface area contributed by atoms with Gasteiger partial charge < -0.3 is 10.0 Å². The Morgan fingerprint density at radius 1 is 1.33 bits per heavy atom. The molecular formula is C13H11ClN2O2. The Hall–Kier alpha value is -2.07. The van der Waals surface area contributed by atoms with E-state index in [-0.39, 0.29) is 11.7 Å². The van der Waals surface area contributed by atoms with E-state index in [2.05, 4.69) is 4.98 Å². The highest BCUT2D eigenvalue weighted by atomic mass is 35.5. The van der Waals surface area contributed by atoms with E-state index < -0.39 is 0 Å². The number of carbonyl (C=O) groups excluding carboxylic acids is 1. The molecule has 0 atom stereocenters. The number of phenols is 1. The molecule has 0 fully saturated rings. The highest BCUT2D eigenvalue weighted by Crippen LogP contribution is 2.20. The zero-order valence-electron chi connectivity index (χ0n) is 9.67. The fourth-order valence-corrected chi connectivity index (χ4v) is 1.63. The van der Waals surface area contributed by atoms with Gasteiger partial charge in [0.05, 0.1) is 5.56 Å². The van der Waals surface area contributed by atoms with Gasteiger partial charge in [-0.25, -0.2) is 4.98 Å². The van der Waals surface area contributed by atoms with E-state index in [0.29, 0.717) is 16.4 Å². The standard InChI is InChI=1S/C13H11ClN2O2/c1-16(10-3-2-4-11(17)7-10)13(18)9-5-6-12(14)15-8-9/h2-8,17H,1H3. The lowest BCUT2D eigenvalue weighted by molar-refractivity contribution is 0.0992. The van der Waals surface area contributed by atoms with Gasteiger partial charge in [0.1, 0.15) is 10.9 Å². The molecule has 0 saturated carbocycles. The van der Waals surface area contributed by atoms with Crippen molar-refractivity contribution in [3.8, 4) is 5.75 Å². The van der Waals surface area contributed by atoms with Crippen molar-refractivity contribution in [1.29, 1.82) is 0 Å². The maximum Gasteiger partial charge on any atom is 0.259 e. The number of phenolic OH excluding ortho intramolecular Hbond substituents is 1. The summed E-state index contributed by atoms with van der Waals surface area (Å²) < 4.78 is 0. The number of aromatic nitrogens is 1. The van der Waals surface area contributed by atoms with Gasteiger partial charge in [-0.3, -0.25) is 4.79 Å². The molecule has 4 nitrogen and oxygen atoms in total. The molecule has 0 aliphatic heterocycles. The third kappa shape index (κ3) is 2.60. The van der Waals surface area contributed by atoms with Crippen molar-refractivity contribution in [2.75, 3.05) is 11.9 Å². The molecule has 0 aliphatic carbocycles. The van der Waals surface area contributed by atoms with E-state index in [4.69, 9.17) is 11.6 Å². The van der Waals surface area contributed by atoms with Crippen LogP contribution in [-0.4, -0.2) is 23.0 Å². The van der Waals surface area contributed by atoms with E-state index in [1.807, 2.05) is 0 Å². The highest BCUT2D eigenvalue weighted by molar-refractivity contribution is 6.29. The monoisotopic (exact) mass is 262 g/mol. The van der Waals surface area contributed by atoms with E-state index in [9.17, 15) is 9.90 Å². The normalized spacial score (nSPS) is 10.1. The number of nitrogens with zero attached hydrogens (tertiary/aromatic N) is 2. The van der Waals surface area contributed by atoms with E-state index in [1.54, 1.807) is 37.4 Å². The minimum Gasteiger partial charge on any atom is -0.508 e. The summed E-state index contributed by atoms with van der Waals surface area (Å²) in [6.45, 7) is 0. The Labute approximate surface area is 109 Å². The van der Waals surface area contributed by atoms with Gasteiger partial charge in [0.25, 0.3) is 5.91 Å². The first-order valence-electron chi connectivity index (χ1n) is 5.26. The number of halogens is 1. The van der Waals surface area contributed by atoms with Gasteiger partial charge in [0.15, 0.2) is 0 Å². The van der Waals surface area contributed by atoms with Crippen LogP contribution in [0.3, 0.4) is 0 Å². The number of benzene rings is 1. The van der Waals surface area contributed by atoms with Crippen molar-refractivity contribution in [1.82, 2.24) is 4.98 Å². The van der Waals surface area contributed by atoms with Crippen LogP contribution < -0.4 is 4.90 Å². The number of aromatic hydroxyl groups is 1. The molecule has 0 spiro atoms. The van der Waals surface area contributed by atoms with Gasteiger partial charge in [-0.05, 0) is 24.3 Å². The smallest absolute Gasteiger partial charge is 0.259 e. The van der Waals surface area contributed by atoms with Crippen LogP contribution in [-0.2, 0) is 0 Å². The number of hydrogen-bond acceptors (Lipinski definition) is 3. The van der Waals surface area contributed by atoms with E-state index in [0.717, 1.165) is 0 Å². The Balaban J connectivity index is 2.26. The molecule has 18 heavy (non-hydrogen) atoms. The first-order chi connectivity index (χ1) is 8.58. The quantitative estimate of drug-likeness (QED) is 0.847. The fourth-order valence-electron chi connectivity index (χ4n) is 1.51. The van der Waals surface area contributed by atoms with Crippen molar-refractivity contribution >= 4 is 23.2 Å². The fraction of sp³-hybridized carbons (Fsp3) is 0.0769. The van der Waals surface area contributed by atoms with Gasteiger partial charge in [-0.1, -0.05) is 17.7 Å². The van der Waals surface area contributed by atoms with Crippen LogP contribution in [0, 0.1) is 0 Å². The molecule has 1 N–H and O–H groups in total. The van der Waals surface area contributed by atoms with E-state index in [1.165, 1.54) is 17.2 Å². The van der Waals surface area contributed by atoms with Gasteiger partial charge in [0, 0.05) is 25.0 Å². The van der Waals surface area contributed by atoms with Gasteiger partial charge in [-0.15, -0.1) is 0 Å². The Kier molecular flexibility index (Phi) is 3.48. The Morgan fingerprint density at radius 2 is 2.11 bits per heavy atom. The molecule has 2 rings (SSSR count). The lowest BCUT2D eigenvalue weighted by Crippen LogP contribution is -2.26. The number of rotatable bonds is 2. The van der Waals surface area contributed by atoms with Crippen molar-refractivity contribution in [2.24, 2.45) is 0 Å². The summed E-state index contributed by atoms with van der Waals surface area (Å²) in [5.41, 5.74) is 1.04. The molecule has 1 aromatic carbocycles. The van der Waals surface area contributed by atoms with Gasteiger partial charge in [-0.2, -0.15) is 0 Å². The molecule has 1 amide bonds. The summed E-state index contributed by atoms with van der Waals surface area (Å²) in [5, 5.41) is 9.72. The van der Waals surface area contributed by atoms with Gasteiger partial charge >= 0.3 is 0 Å². The molecule has 0 radical (unpaired) electrons. The molecule has 5 heteroatoms. The molecule has 0 saturated heterocycles.